The van der Waals surface area contributed by atoms with Crippen molar-refractivity contribution in [1.82, 2.24) is 9.55 Å². The van der Waals surface area contributed by atoms with E-state index in [1.54, 1.807) is 6.07 Å². The number of carboxylic acids is 1. The Hall–Kier alpha value is -3.42. The number of aryl methyl sites for hydroxylation is 1. The molecule has 0 saturated heterocycles. The zero-order valence-corrected chi connectivity index (χ0v) is 13.0. The van der Waals surface area contributed by atoms with Crippen molar-refractivity contribution in [2.75, 3.05) is 0 Å². The minimum absolute atomic E-state index is 0.0217. The summed E-state index contributed by atoms with van der Waals surface area (Å²) in [5.41, 5.74) is -0.337. The van der Waals surface area contributed by atoms with Gasteiger partial charge < -0.3 is 19.9 Å². The smallest absolute Gasteiger partial charge is 0.345 e. The van der Waals surface area contributed by atoms with Crippen LogP contribution < -0.4 is 5.56 Å². The summed E-state index contributed by atoms with van der Waals surface area (Å²) < 4.78 is 14.1. The molecule has 3 aromatic rings. The van der Waals surface area contributed by atoms with Gasteiger partial charge in [-0.25, -0.2) is 9.18 Å². The molecule has 0 amide bonds. The van der Waals surface area contributed by atoms with Gasteiger partial charge in [-0.05, 0) is 23.3 Å². The Labute approximate surface area is 140 Å². The number of hydrogen-bond donors (Lipinski definition) is 3. The van der Waals surface area contributed by atoms with Gasteiger partial charge in [0.1, 0.15) is 17.1 Å². The molecule has 128 valence electrons. The molecule has 25 heavy (non-hydrogen) atoms. The predicted octanol–water partition coefficient (Wildman–Crippen LogP) is 1.77. The fourth-order valence-corrected chi connectivity index (χ4v) is 2.63. The van der Waals surface area contributed by atoms with Gasteiger partial charge in [0.2, 0.25) is 0 Å². The van der Waals surface area contributed by atoms with Crippen molar-refractivity contribution in [3.8, 4) is 11.5 Å². The predicted molar refractivity (Wildman–Crippen MR) is 86.5 cm³/mol. The first-order valence-corrected chi connectivity index (χ1v) is 7.21. The van der Waals surface area contributed by atoms with Crippen molar-refractivity contribution >= 4 is 17.0 Å². The first-order valence-electron chi connectivity index (χ1n) is 7.21. The third-order valence-corrected chi connectivity index (χ3v) is 3.92. The van der Waals surface area contributed by atoms with Gasteiger partial charge in [0.15, 0.2) is 11.3 Å². The fraction of sp³-hybridized carbons (Fsp3) is 0.118. The van der Waals surface area contributed by atoms with Crippen LogP contribution in [0.5, 0.6) is 11.5 Å². The highest BCUT2D eigenvalue weighted by molar-refractivity contribution is 5.97. The van der Waals surface area contributed by atoms with Crippen molar-refractivity contribution in [3.63, 3.8) is 0 Å². The van der Waals surface area contributed by atoms with E-state index in [0.717, 1.165) is 10.6 Å². The summed E-state index contributed by atoms with van der Waals surface area (Å²) >= 11 is 0. The molecule has 3 N–H and O–H groups in total. The molecule has 8 heteroatoms. The molecule has 0 atom stereocenters. The second-order valence-corrected chi connectivity index (χ2v) is 5.55. The number of carbonyl (C=O) groups is 1. The van der Waals surface area contributed by atoms with E-state index in [0.29, 0.717) is 11.1 Å². The van der Waals surface area contributed by atoms with Crippen LogP contribution in [0.2, 0.25) is 0 Å². The summed E-state index contributed by atoms with van der Waals surface area (Å²) in [6.45, 7) is 0. The number of pyridine rings is 2. The lowest BCUT2D eigenvalue weighted by atomic mass is 10.0. The van der Waals surface area contributed by atoms with Crippen LogP contribution in [0.4, 0.5) is 4.39 Å². The fourth-order valence-electron chi connectivity index (χ4n) is 2.63. The van der Waals surface area contributed by atoms with E-state index in [1.807, 2.05) is 0 Å². The van der Waals surface area contributed by atoms with Gasteiger partial charge in [-0.1, -0.05) is 6.07 Å². The summed E-state index contributed by atoms with van der Waals surface area (Å²) in [5.74, 6) is -3.01. The molecule has 0 spiro atoms. The molecular formula is C17H13FN2O5. The van der Waals surface area contributed by atoms with Crippen LogP contribution in [0.1, 0.15) is 21.5 Å². The van der Waals surface area contributed by atoms with E-state index >= 15 is 0 Å². The highest BCUT2D eigenvalue weighted by Gasteiger charge is 2.21. The van der Waals surface area contributed by atoms with Gasteiger partial charge in [0.05, 0.1) is 5.52 Å². The number of halogens is 1. The van der Waals surface area contributed by atoms with E-state index in [1.165, 1.54) is 25.4 Å². The lowest BCUT2D eigenvalue weighted by molar-refractivity contribution is 0.0691. The largest absolute Gasteiger partial charge is 0.508 e. The Balaban J connectivity index is 2.15. The molecule has 0 fully saturated rings. The lowest BCUT2D eigenvalue weighted by Crippen LogP contribution is -2.25. The molecule has 7 nitrogen and oxygen atoms in total. The molecule has 0 radical (unpaired) electrons. The Kier molecular flexibility index (Phi) is 3.88. The van der Waals surface area contributed by atoms with Gasteiger partial charge >= 0.3 is 5.97 Å². The maximum absolute atomic E-state index is 13.1. The zero-order chi connectivity index (χ0) is 18.3. The molecular weight excluding hydrogens is 331 g/mol. The van der Waals surface area contributed by atoms with Crippen LogP contribution in [0.3, 0.4) is 0 Å². The average molecular weight is 344 g/mol. The number of nitrogens with zero attached hydrogens (tertiary/aromatic N) is 2. The van der Waals surface area contributed by atoms with Crippen molar-refractivity contribution < 1.29 is 24.5 Å². The number of aromatic hydroxyl groups is 2. The number of phenols is 1. The number of hydrogen-bond acceptors (Lipinski definition) is 5. The van der Waals surface area contributed by atoms with Crippen molar-refractivity contribution in [2.24, 2.45) is 7.05 Å². The minimum Gasteiger partial charge on any atom is -0.508 e. The summed E-state index contributed by atoms with van der Waals surface area (Å²) in [5, 5.41) is 28.9. The second-order valence-electron chi connectivity index (χ2n) is 5.55. The first kappa shape index (κ1) is 16.4. The zero-order valence-electron chi connectivity index (χ0n) is 13.0. The van der Waals surface area contributed by atoms with Crippen molar-refractivity contribution in [2.45, 2.75) is 6.42 Å². The lowest BCUT2D eigenvalue weighted by Gasteiger charge is -2.11. The van der Waals surface area contributed by atoms with E-state index in [9.17, 15) is 24.2 Å². The molecule has 2 heterocycles. The summed E-state index contributed by atoms with van der Waals surface area (Å²) in [4.78, 5) is 27.3. The van der Waals surface area contributed by atoms with Gasteiger partial charge in [-0.2, -0.15) is 0 Å². The summed E-state index contributed by atoms with van der Waals surface area (Å²) in [6, 6.07) is 5.19. The third kappa shape index (κ3) is 2.78. The van der Waals surface area contributed by atoms with Crippen LogP contribution in [0.25, 0.3) is 11.0 Å². The van der Waals surface area contributed by atoms with Crippen molar-refractivity contribution in [1.29, 1.82) is 0 Å². The van der Waals surface area contributed by atoms with Gasteiger partial charge in [0.25, 0.3) is 5.56 Å². The summed E-state index contributed by atoms with van der Waals surface area (Å²) in [7, 11) is 1.37. The Bertz CT molecular complexity index is 1070. The van der Waals surface area contributed by atoms with E-state index in [4.69, 9.17) is 5.11 Å². The average Bonchev–Trinajstić information content (AvgIpc) is 2.55. The van der Waals surface area contributed by atoms with Crippen LogP contribution in [-0.4, -0.2) is 30.8 Å². The normalized spacial score (nSPS) is 11.0. The van der Waals surface area contributed by atoms with Crippen LogP contribution in [-0.2, 0) is 13.5 Å². The van der Waals surface area contributed by atoms with Crippen LogP contribution >= 0.6 is 0 Å². The number of fused-ring (bicyclic) bond motifs is 1. The van der Waals surface area contributed by atoms with Crippen molar-refractivity contribution in [3.05, 3.63) is 63.3 Å². The number of carboxylic acid groups (broad SMARTS) is 1. The molecule has 0 saturated carbocycles. The molecule has 0 aliphatic heterocycles. The van der Waals surface area contributed by atoms with Gasteiger partial charge in [0, 0.05) is 25.7 Å². The number of aromatic carboxylic acids is 1. The highest BCUT2D eigenvalue weighted by Crippen LogP contribution is 2.27. The first-order chi connectivity index (χ1) is 11.8. The topological polar surface area (TPSA) is 113 Å². The molecule has 2 aromatic heterocycles. The quantitative estimate of drug-likeness (QED) is 0.667. The number of benzene rings is 1. The number of aromatic nitrogens is 2. The molecule has 0 bridgehead atoms. The molecule has 3 rings (SSSR count). The molecule has 0 aliphatic carbocycles. The number of phenolic OH excluding ortho intramolecular Hbond substituents is 1. The molecule has 0 unspecified atom stereocenters. The Morgan fingerprint density at radius 3 is 2.64 bits per heavy atom. The maximum atomic E-state index is 13.1. The standard InChI is InChI=1S/C17H13FN2O5/c1-20-11-5-8(4-9-2-3-10(18)6-12(9)21)7-19-14(11)15(22)13(16(20)23)17(24)25/h2-3,5-7,21-22H,4H2,1H3,(H,24,25). The van der Waals surface area contributed by atoms with E-state index in [-0.39, 0.29) is 23.2 Å². The minimum atomic E-state index is -1.54. The Morgan fingerprint density at radius 1 is 1.28 bits per heavy atom. The second kappa shape index (κ2) is 5.90. The third-order valence-electron chi connectivity index (χ3n) is 3.92. The van der Waals surface area contributed by atoms with Gasteiger partial charge in [-0.15, -0.1) is 0 Å². The highest BCUT2D eigenvalue weighted by atomic mass is 19.1. The van der Waals surface area contributed by atoms with E-state index in [2.05, 4.69) is 4.98 Å². The number of rotatable bonds is 3. The Morgan fingerprint density at radius 2 is 2.00 bits per heavy atom. The summed E-state index contributed by atoms with van der Waals surface area (Å²) in [6.07, 6.45) is 1.60. The maximum Gasteiger partial charge on any atom is 0.345 e. The van der Waals surface area contributed by atoms with Gasteiger partial charge in [-0.3, -0.25) is 9.78 Å². The SMILES string of the molecule is Cn1c(=O)c(C(=O)O)c(O)c2ncc(Cc3ccc(F)cc3O)cc21. The monoisotopic (exact) mass is 344 g/mol. The molecule has 0 aliphatic rings. The molecule has 1 aromatic carbocycles. The van der Waals surface area contributed by atoms with Crippen LogP contribution in [0.15, 0.2) is 35.3 Å². The van der Waals surface area contributed by atoms with E-state index < -0.39 is 28.7 Å². The van der Waals surface area contributed by atoms with Crippen LogP contribution in [0, 0.1) is 5.82 Å².